The van der Waals surface area contributed by atoms with Crippen molar-refractivity contribution in [3.8, 4) is 6.07 Å². The number of nitrogens with zero attached hydrogens (tertiary/aromatic N) is 2. The zero-order chi connectivity index (χ0) is 13.1. The summed E-state index contributed by atoms with van der Waals surface area (Å²) in [6, 6.07) is 12.5. The summed E-state index contributed by atoms with van der Waals surface area (Å²) in [5, 5.41) is 18.4. The highest BCUT2D eigenvalue weighted by Gasteiger charge is 2.11. The number of hydrogen-bond donors (Lipinski definition) is 1. The van der Waals surface area contributed by atoms with E-state index in [9.17, 15) is 4.79 Å². The second kappa shape index (κ2) is 4.90. The number of aromatic carboxylic acids is 1. The quantitative estimate of drug-likeness (QED) is 0.918. The van der Waals surface area contributed by atoms with Gasteiger partial charge in [0.05, 0.1) is 16.6 Å². The molecule has 0 atom stereocenters. The summed E-state index contributed by atoms with van der Waals surface area (Å²) in [6.07, 6.45) is 0. The van der Waals surface area contributed by atoms with E-state index < -0.39 is 5.97 Å². The maximum Gasteiger partial charge on any atom is 0.345 e. The summed E-state index contributed by atoms with van der Waals surface area (Å²) < 4.78 is 0. The molecular weight excluding hydrogens is 248 g/mol. The Kier molecular flexibility index (Phi) is 3.31. The fourth-order valence-electron chi connectivity index (χ4n) is 1.51. The minimum Gasteiger partial charge on any atom is -0.477 e. The van der Waals surface area contributed by atoms with Crippen LogP contribution in [0.25, 0.3) is 0 Å². The molecule has 0 aliphatic rings. The molecule has 0 unspecified atom stereocenters. The Bertz CT molecular complexity index is 611. The smallest absolute Gasteiger partial charge is 0.345 e. The molecule has 18 heavy (non-hydrogen) atoms. The molecule has 0 saturated carbocycles. The molecule has 0 bridgehead atoms. The Morgan fingerprint density at radius 2 is 1.94 bits per heavy atom. The van der Waals surface area contributed by atoms with E-state index >= 15 is 0 Å². The van der Waals surface area contributed by atoms with Crippen LogP contribution in [0, 0.1) is 11.3 Å². The fraction of sp³-hybridized carbons (Fsp3) is 0.0769. The van der Waals surface area contributed by atoms with Gasteiger partial charge in [-0.15, -0.1) is 11.3 Å². The van der Waals surface area contributed by atoms with Gasteiger partial charge in [-0.2, -0.15) is 5.26 Å². The third kappa shape index (κ3) is 2.34. The summed E-state index contributed by atoms with van der Waals surface area (Å²) in [6.45, 7) is 0. The molecule has 0 aliphatic carbocycles. The van der Waals surface area contributed by atoms with Crippen LogP contribution in [0.2, 0.25) is 0 Å². The van der Waals surface area contributed by atoms with Crippen LogP contribution in [0.5, 0.6) is 0 Å². The van der Waals surface area contributed by atoms with Crippen LogP contribution in [0.15, 0.2) is 36.4 Å². The number of rotatable bonds is 3. The van der Waals surface area contributed by atoms with Crippen LogP contribution < -0.4 is 4.90 Å². The minimum atomic E-state index is -0.917. The topological polar surface area (TPSA) is 64.3 Å². The molecule has 5 heteroatoms. The first-order chi connectivity index (χ1) is 8.61. The van der Waals surface area contributed by atoms with E-state index in [1.54, 1.807) is 24.3 Å². The van der Waals surface area contributed by atoms with Gasteiger partial charge in [-0.1, -0.05) is 0 Å². The van der Waals surface area contributed by atoms with Crippen molar-refractivity contribution in [3.63, 3.8) is 0 Å². The molecule has 2 aromatic rings. The highest BCUT2D eigenvalue weighted by Crippen LogP contribution is 2.30. The molecule has 1 aromatic carbocycles. The summed E-state index contributed by atoms with van der Waals surface area (Å²) in [5.74, 6) is -0.917. The summed E-state index contributed by atoms with van der Waals surface area (Å²) in [7, 11) is 1.86. The number of hydrogen-bond acceptors (Lipinski definition) is 4. The molecule has 2 rings (SSSR count). The van der Waals surface area contributed by atoms with Crippen molar-refractivity contribution >= 4 is 28.0 Å². The number of nitriles is 1. The molecule has 0 spiro atoms. The van der Waals surface area contributed by atoms with Crippen molar-refractivity contribution in [2.45, 2.75) is 0 Å². The van der Waals surface area contributed by atoms with Gasteiger partial charge in [0, 0.05) is 12.7 Å². The molecule has 0 amide bonds. The Hall–Kier alpha value is -2.32. The average molecular weight is 258 g/mol. The molecule has 1 N–H and O–H groups in total. The van der Waals surface area contributed by atoms with Crippen LogP contribution in [0.3, 0.4) is 0 Å². The molecule has 0 fully saturated rings. The van der Waals surface area contributed by atoms with Crippen LogP contribution in [-0.4, -0.2) is 18.1 Å². The molecular formula is C13H10N2O2S. The van der Waals surface area contributed by atoms with Crippen molar-refractivity contribution in [1.82, 2.24) is 0 Å². The molecule has 90 valence electrons. The molecule has 1 heterocycles. The van der Waals surface area contributed by atoms with E-state index in [4.69, 9.17) is 10.4 Å². The highest BCUT2D eigenvalue weighted by molar-refractivity contribution is 7.17. The first kappa shape index (κ1) is 12.1. The number of carbonyl (C=O) groups is 1. The first-order valence-electron chi connectivity index (χ1n) is 5.19. The lowest BCUT2D eigenvalue weighted by atomic mass is 10.2. The second-order valence-electron chi connectivity index (χ2n) is 3.66. The molecule has 0 aliphatic heterocycles. The standard InChI is InChI=1S/C13H10N2O2S/c1-15(10-4-2-9(8-14)3-5-10)12-7-6-11(18-12)13(16)17/h2-7H,1H3,(H,16,17). The number of thiophene rings is 1. The van der Waals surface area contributed by atoms with Crippen LogP contribution in [0.1, 0.15) is 15.2 Å². The van der Waals surface area contributed by atoms with Crippen molar-refractivity contribution in [3.05, 3.63) is 46.8 Å². The number of carboxylic acid groups (broad SMARTS) is 1. The van der Waals surface area contributed by atoms with Crippen molar-refractivity contribution in [1.29, 1.82) is 5.26 Å². The molecule has 0 radical (unpaired) electrons. The van der Waals surface area contributed by atoms with Gasteiger partial charge in [-0.3, -0.25) is 0 Å². The third-order valence-corrected chi connectivity index (χ3v) is 3.67. The van der Waals surface area contributed by atoms with Gasteiger partial charge < -0.3 is 10.0 Å². The Labute approximate surface area is 108 Å². The Balaban J connectivity index is 2.26. The van der Waals surface area contributed by atoms with Gasteiger partial charge in [0.1, 0.15) is 4.88 Å². The van der Waals surface area contributed by atoms with E-state index in [-0.39, 0.29) is 0 Å². The minimum absolute atomic E-state index is 0.311. The highest BCUT2D eigenvalue weighted by atomic mass is 32.1. The Morgan fingerprint density at radius 1 is 1.28 bits per heavy atom. The predicted octanol–water partition coefficient (Wildman–Crippen LogP) is 3.09. The number of benzene rings is 1. The first-order valence-corrected chi connectivity index (χ1v) is 6.00. The largest absolute Gasteiger partial charge is 0.477 e. The fourth-order valence-corrected chi connectivity index (χ4v) is 2.34. The van der Waals surface area contributed by atoms with E-state index in [1.807, 2.05) is 24.1 Å². The van der Waals surface area contributed by atoms with Crippen molar-refractivity contribution < 1.29 is 9.90 Å². The van der Waals surface area contributed by atoms with E-state index in [0.29, 0.717) is 10.4 Å². The third-order valence-electron chi connectivity index (χ3n) is 2.52. The zero-order valence-electron chi connectivity index (χ0n) is 9.62. The monoisotopic (exact) mass is 258 g/mol. The van der Waals surface area contributed by atoms with Crippen LogP contribution in [0.4, 0.5) is 10.7 Å². The maximum atomic E-state index is 10.8. The molecule has 1 aromatic heterocycles. The average Bonchev–Trinajstić information content (AvgIpc) is 2.88. The van der Waals surface area contributed by atoms with E-state index in [1.165, 1.54) is 11.3 Å². The number of carboxylic acids is 1. The summed E-state index contributed by atoms with van der Waals surface area (Å²) >= 11 is 1.22. The predicted molar refractivity (Wildman–Crippen MR) is 70.5 cm³/mol. The number of anilines is 2. The van der Waals surface area contributed by atoms with Gasteiger partial charge in [0.2, 0.25) is 0 Å². The van der Waals surface area contributed by atoms with Gasteiger partial charge in [0.25, 0.3) is 0 Å². The van der Waals surface area contributed by atoms with Gasteiger partial charge in [-0.25, -0.2) is 4.79 Å². The van der Waals surface area contributed by atoms with Gasteiger partial charge in [-0.05, 0) is 36.4 Å². The maximum absolute atomic E-state index is 10.8. The van der Waals surface area contributed by atoms with Gasteiger partial charge >= 0.3 is 5.97 Å². The summed E-state index contributed by atoms with van der Waals surface area (Å²) in [4.78, 5) is 13.0. The van der Waals surface area contributed by atoms with Crippen molar-refractivity contribution in [2.24, 2.45) is 0 Å². The SMILES string of the molecule is CN(c1ccc(C#N)cc1)c1ccc(C(=O)O)s1. The Morgan fingerprint density at radius 3 is 2.44 bits per heavy atom. The lowest BCUT2D eigenvalue weighted by Gasteiger charge is -2.16. The summed E-state index contributed by atoms with van der Waals surface area (Å²) in [5.41, 5.74) is 1.51. The lowest BCUT2D eigenvalue weighted by molar-refractivity contribution is 0.0702. The second-order valence-corrected chi connectivity index (χ2v) is 4.72. The van der Waals surface area contributed by atoms with Gasteiger partial charge in [0.15, 0.2) is 0 Å². The molecule has 0 saturated heterocycles. The lowest BCUT2D eigenvalue weighted by Crippen LogP contribution is -2.07. The normalized spacial score (nSPS) is 9.78. The van der Waals surface area contributed by atoms with Crippen LogP contribution in [-0.2, 0) is 0 Å². The van der Waals surface area contributed by atoms with E-state index in [0.717, 1.165) is 10.7 Å². The van der Waals surface area contributed by atoms with Crippen LogP contribution >= 0.6 is 11.3 Å². The van der Waals surface area contributed by atoms with E-state index in [2.05, 4.69) is 6.07 Å². The zero-order valence-corrected chi connectivity index (χ0v) is 10.4. The van der Waals surface area contributed by atoms with Crippen molar-refractivity contribution in [2.75, 3.05) is 11.9 Å². The molecule has 4 nitrogen and oxygen atoms in total.